The van der Waals surface area contributed by atoms with Gasteiger partial charge < -0.3 is 9.84 Å². The van der Waals surface area contributed by atoms with Gasteiger partial charge in [0.25, 0.3) is 0 Å². The molecule has 0 spiro atoms. The Morgan fingerprint density at radius 2 is 1.96 bits per heavy atom. The van der Waals surface area contributed by atoms with Crippen molar-refractivity contribution in [1.82, 2.24) is 0 Å². The molecule has 0 bridgehead atoms. The first kappa shape index (κ1) is 20.1. The quantitative estimate of drug-likeness (QED) is 0.738. The van der Waals surface area contributed by atoms with Crippen molar-refractivity contribution in [3.63, 3.8) is 0 Å². The lowest BCUT2D eigenvalue weighted by Gasteiger charge is -2.29. The van der Waals surface area contributed by atoms with Gasteiger partial charge in [0.1, 0.15) is 11.9 Å². The van der Waals surface area contributed by atoms with Gasteiger partial charge in [0, 0.05) is 12.3 Å². The van der Waals surface area contributed by atoms with Gasteiger partial charge in [-0.25, -0.2) is 0 Å². The Labute approximate surface area is 144 Å². The average Bonchev–Trinajstić information content (AvgIpc) is 2.56. The number of carbonyl (C=O) groups excluding carboxylic acids is 2. The van der Waals surface area contributed by atoms with Crippen molar-refractivity contribution >= 4 is 17.8 Å². The van der Waals surface area contributed by atoms with Crippen molar-refractivity contribution in [2.45, 2.75) is 53.1 Å². The molecule has 1 aromatic rings. The minimum atomic E-state index is -0.515. The number of hydrogen-bond donors (Lipinski definition) is 1. The van der Waals surface area contributed by atoms with E-state index in [2.05, 4.69) is 0 Å². The van der Waals surface area contributed by atoms with Crippen molar-refractivity contribution in [2.75, 3.05) is 6.61 Å². The first-order chi connectivity index (χ1) is 11.3. The second kappa shape index (κ2) is 9.38. The normalized spacial score (nSPS) is 15.1. The molecule has 0 saturated heterocycles. The van der Waals surface area contributed by atoms with E-state index in [4.69, 9.17) is 9.84 Å². The second-order valence-electron chi connectivity index (χ2n) is 6.21. The highest BCUT2D eigenvalue weighted by Gasteiger charge is 2.31. The smallest absolute Gasteiger partial charge is 0.305 e. The molecule has 3 unspecified atom stereocenters. The highest BCUT2D eigenvalue weighted by atomic mass is 16.5. The molecule has 0 fully saturated rings. The molecule has 0 aliphatic heterocycles. The maximum atomic E-state index is 11.9. The zero-order valence-corrected chi connectivity index (χ0v) is 15.2. The number of benzene rings is 1. The van der Waals surface area contributed by atoms with Crippen LogP contribution in [0.15, 0.2) is 24.3 Å². The van der Waals surface area contributed by atoms with E-state index in [1.54, 1.807) is 19.9 Å². The Morgan fingerprint density at radius 1 is 1.29 bits per heavy atom. The topological polar surface area (TPSA) is 63.6 Å². The molecule has 1 N–H and O–H groups in total. The number of hydrogen-bond acceptors (Lipinski definition) is 4. The predicted molar refractivity (Wildman–Crippen MR) is 95.7 cm³/mol. The van der Waals surface area contributed by atoms with Crippen LogP contribution in [0.2, 0.25) is 0 Å². The van der Waals surface area contributed by atoms with Gasteiger partial charge in [-0.2, -0.15) is 0 Å². The van der Waals surface area contributed by atoms with Crippen LogP contribution < -0.4 is 0 Å². The molecule has 132 valence electrons. The summed E-state index contributed by atoms with van der Waals surface area (Å²) in [5, 5.41) is 9.05. The van der Waals surface area contributed by atoms with Crippen LogP contribution in [0, 0.1) is 12.8 Å². The molecule has 0 amide bonds. The Bertz CT molecular complexity index is 604. The fraction of sp³-hybridized carbons (Fsp3) is 0.500. The number of ketones is 1. The third-order valence-corrected chi connectivity index (χ3v) is 4.32. The summed E-state index contributed by atoms with van der Waals surface area (Å²) in [4.78, 5) is 23.7. The molecule has 1 aromatic carbocycles. The molecule has 0 aliphatic rings. The summed E-state index contributed by atoms with van der Waals surface area (Å²) in [5.41, 5.74) is 3.06. The summed E-state index contributed by atoms with van der Waals surface area (Å²) in [5.74, 6) is -0.834. The Balaban J connectivity index is 3.26. The van der Waals surface area contributed by atoms with Crippen LogP contribution in [-0.4, -0.2) is 29.6 Å². The van der Waals surface area contributed by atoms with E-state index >= 15 is 0 Å². The molecule has 0 saturated carbocycles. The molecule has 4 heteroatoms. The third-order valence-electron chi connectivity index (χ3n) is 4.32. The van der Waals surface area contributed by atoms with E-state index in [1.165, 1.54) is 6.92 Å². The van der Waals surface area contributed by atoms with Crippen molar-refractivity contribution in [2.24, 2.45) is 5.92 Å². The molecule has 3 atom stereocenters. The van der Waals surface area contributed by atoms with Crippen LogP contribution in [0.4, 0.5) is 0 Å². The number of carbonyl (C=O) groups is 2. The Hall–Kier alpha value is -1.94. The van der Waals surface area contributed by atoms with Crippen LogP contribution in [0.1, 0.15) is 56.7 Å². The van der Waals surface area contributed by atoms with E-state index in [1.807, 2.05) is 38.1 Å². The van der Waals surface area contributed by atoms with Gasteiger partial charge in [-0.1, -0.05) is 56.7 Å². The number of ether oxygens (including phenoxy) is 1. The summed E-state index contributed by atoms with van der Waals surface area (Å²) < 4.78 is 5.60. The van der Waals surface area contributed by atoms with Gasteiger partial charge in [-0.15, -0.1) is 0 Å². The number of esters is 1. The van der Waals surface area contributed by atoms with Gasteiger partial charge in [0.05, 0.1) is 12.5 Å². The minimum absolute atomic E-state index is 0.00434. The lowest BCUT2D eigenvalue weighted by Crippen LogP contribution is -2.34. The third kappa shape index (κ3) is 5.31. The highest BCUT2D eigenvalue weighted by molar-refractivity contribution is 5.79. The molecule has 0 radical (unpaired) electrons. The SMILES string of the molecule is CCC(=O)OC(C(C)C(C)=O)C(C)c1ccc(C)cc1C=CCO. The lowest BCUT2D eigenvalue weighted by atomic mass is 9.83. The molecule has 0 aliphatic carbocycles. The minimum Gasteiger partial charge on any atom is -0.461 e. The second-order valence-corrected chi connectivity index (χ2v) is 6.21. The van der Waals surface area contributed by atoms with Crippen LogP contribution in [0.3, 0.4) is 0 Å². The van der Waals surface area contributed by atoms with Crippen LogP contribution in [-0.2, 0) is 14.3 Å². The first-order valence-electron chi connectivity index (χ1n) is 8.39. The molecule has 0 heterocycles. The Morgan fingerprint density at radius 3 is 2.50 bits per heavy atom. The Kier molecular flexibility index (Phi) is 7.86. The maximum Gasteiger partial charge on any atom is 0.305 e. The van der Waals surface area contributed by atoms with Crippen molar-refractivity contribution in [3.8, 4) is 0 Å². The summed E-state index contributed by atoms with van der Waals surface area (Å²) in [6.45, 7) is 8.98. The van der Waals surface area contributed by atoms with Crippen LogP contribution in [0.5, 0.6) is 0 Å². The maximum absolute atomic E-state index is 11.9. The molecule has 4 nitrogen and oxygen atoms in total. The molecule has 1 rings (SSSR count). The number of aryl methyl sites for hydroxylation is 1. The number of rotatable bonds is 8. The van der Waals surface area contributed by atoms with Gasteiger partial charge >= 0.3 is 5.97 Å². The van der Waals surface area contributed by atoms with Gasteiger partial charge in [0.15, 0.2) is 0 Å². The zero-order valence-electron chi connectivity index (χ0n) is 15.2. The van der Waals surface area contributed by atoms with Crippen molar-refractivity contribution in [3.05, 3.63) is 41.0 Å². The standard InChI is InChI=1S/C20H28O4/c1-6-19(23)24-20(14(3)16(5)22)15(4)18-10-9-13(2)12-17(18)8-7-11-21/h7-10,12,14-15,20-21H,6,11H2,1-5H3. The number of Topliss-reactive ketones (excluding diaryl/α,β-unsaturated/α-hetero) is 1. The first-order valence-corrected chi connectivity index (χ1v) is 8.39. The summed E-state index contributed by atoms with van der Waals surface area (Å²) in [7, 11) is 0. The van der Waals surface area contributed by atoms with Crippen molar-refractivity contribution < 1.29 is 19.4 Å². The number of aliphatic hydroxyl groups excluding tert-OH is 1. The lowest BCUT2D eigenvalue weighted by molar-refractivity contribution is -0.154. The predicted octanol–water partition coefficient (Wildman–Crippen LogP) is 3.65. The zero-order chi connectivity index (χ0) is 18.3. The van der Waals surface area contributed by atoms with E-state index < -0.39 is 6.10 Å². The average molecular weight is 332 g/mol. The molecule has 0 aromatic heterocycles. The highest BCUT2D eigenvalue weighted by Crippen LogP contribution is 2.31. The summed E-state index contributed by atoms with van der Waals surface area (Å²) in [6, 6.07) is 6.02. The monoisotopic (exact) mass is 332 g/mol. The number of aliphatic hydroxyl groups is 1. The van der Waals surface area contributed by atoms with E-state index in [9.17, 15) is 9.59 Å². The van der Waals surface area contributed by atoms with E-state index in [0.717, 1.165) is 16.7 Å². The van der Waals surface area contributed by atoms with E-state index in [0.29, 0.717) is 0 Å². The largest absolute Gasteiger partial charge is 0.461 e. The van der Waals surface area contributed by atoms with Crippen LogP contribution in [0.25, 0.3) is 6.08 Å². The fourth-order valence-electron chi connectivity index (χ4n) is 2.71. The fourth-order valence-corrected chi connectivity index (χ4v) is 2.71. The summed E-state index contributed by atoms with van der Waals surface area (Å²) >= 11 is 0. The van der Waals surface area contributed by atoms with Gasteiger partial charge in [0.2, 0.25) is 0 Å². The summed E-state index contributed by atoms with van der Waals surface area (Å²) in [6.07, 6.45) is 3.29. The van der Waals surface area contributed by atoms with Gasteiger partial charge in [-0.3, -0.25) is 9.59 Å². The van der Waals surface area contributed by atoms with Gasteiger partial charge in [-0.05, 0) is 25.0 Å². The molecule has 24 heavy (non-hydrogen) atoms. The van der Waals surface area contributed by atoms with Crippen LogP contribution >= 0.6 is 0 Å². The molecular weight excluding hydrogens is 304 g/mol. The molecular formula is C20H28O4. The van der Waals surface area contributed by atoms with Crippen molar-refractivity contribution in [1.29, 1.82) is 0 Å². The van der Waals surface area contributed by atoms with E-state index in [-0.39, 0.29) is 36.6 Å².